The molecule has 1 aromatic heterocycles. The number of aromatic nitrogens is 2. The lowest BCUT2D eigenvalue weighted by atomic mass is 10.1. The van der Waals surface area contributed by atoms with Crippen LogP contribution in [0.1, 0.15) is 25.6 Å². The molecule has 0 aliphatic carbocycles. The summed E-state index contributed by atoms with van der Waals surface area (Å²) in [5, 5.41) is 13.4. The third-order valence-corrected chi connectivity index (χ3v) is 1.85. The molecule has 0 aliphatic rings. The van der Waals surface area contributed by atoms with Gasteiger partial charge in [-0.3, -0.25) is 4.90 Å². The average Bonchev–Trinajstić information content (AvgIpc) is 2.49. The second-order valence-corrected chi connectivity index (χ2v) is 4.52. The predicted molar refractivity (Wildman–Crippen MR) is 57.6 cm³/mol. The van der Waals surface area contributed by atoms with Gasteiger partial charge in [-0.2, -0.15) is 4.98 Å². The molecular weight excluding hydrogens is 210 g/mol. The SMILES string of the molecule is COCc1nc(CN(C)CC(C)(C)O)no1. The summed E-state index contributed by atoms with van der Waals surface area (Å²) in [7, 11) is 3.47. The summed E-state index contributed by atoms with van der Waals surface area (Å²) in [6.45, 7) is 4.92. The Kier molecular flexibility index (Phi) is 4.40. The molecule has 6 heteroatoms. The van der Waals surface area contributed by atoms with Crippen LogP contribution in [0.2, 0.25) is 0 Å². The van der Waals surface area contributed by atoms with Gasteiger partial charge >= 0.3 is 0 Å². The van der Waals surface area contributed by atoms with Crippen LogP contribution in [0.25, 0.3) is 0 Å². The van der Waals surface area contributed by atoms with Crippen molar-refractivity contribution in [2.75, 3.05) is 20.7 Å². The summed E-state index contributed by atoms with van der Waals surface area (Å²) in [5.41, 5.74) is -0.728. The minimum Gasteiger partial charge on any atom is -0.389 e. The first kappa shape index (κ1) is 13.1. The van der Waals surface area contributed by atoms with E-state index >= 15 is 0 Å². The number of methoxy groups -OCH3 is 1. The quantitative estimate of drug-likeness (QED) is 0.762. The van der Waals surface area contributed by atoms with Gasteiger partial charge < -0.3 is 14.4 Å². The smallest absolute Gasteiger partial charge is 0.252 e. The highest BCUT2D eigenvalue weighted by Crippen LogP contribution is 2.06. The Labute approximate surface area is 95.2 Å². The molecule has 0 aliphatic heterocycles. The summed E-state index contributed by atoms with van der Waals surface area (Å²) in [6.07, 6.45) is 0. The Balaban J connectivity index is 2.46. The highest BCUT2D eigenvalue weighted by Gasteiger charge is 2.17. The lowest BCUT2D eigenvalue weighted by Crippen LogP contribution is -2.36. The van der Waals surface area contributed by atoms with E-state index in [0.717, 1.165) is 0 Å². The molecule has 0 radical (unpaired) electrons. The van der Waals surface area contributed by atoms with Crippen molar-refractivity contribution in [1.29, 1.82) is 0 Å². The number of likely N-dealkylation sites (N-methyl/N-ethyl adjacent to an activating group) is 1. The van der Waals surface area contributed by atoms with Crippen molar-refractivity contribution in [1.82, 2.24) is 15.0 Å². The van der Waals surface area contributed by atoms with Gasteiger partial charge in [-0.25, -0.2) is 0 Å². The fourth-order valence-corrected chi connectivity index (χ4v) is 1.49. The number of aliphatic hydroxyl groups is 1. The number of ether oxygens (including phenoxy) is 1. The first-order valence-corrected chi connectivity index (χ1v) is 5.12. The van der Waals surface area contributed by atoms with Gasteiger partial charge in [0.15, 0.2) is 5.82 Å². The summed E-state index contributed by atoms with van der Waals surface area (Å²) in [6, 6.07) is 0. The van der Waals surface area contributed by atoms with E-state index in [-0.39, 0.29) is 0 Å². The zero-order valence-corrected chi connectivity index (χ0v) is 10.2. The molecule has 16 heavy (non-hydrogen) atoms. The van der Waals surface area contributed by atoms with Crippen molar-refractivity contribution < 1.29 is 14.4 Å². The third-order valence-electron chi connectivity index (χ3n) is 1.85. The van der Waals surface area contributed by atoms with Crippen LogP contribution < -0.4 is 0 Å². The van der Waals surface area contributed by atoms with Gasteiger partial charge in [-0.1, -0.05) is 5.16 Å². The predicted octanol–water partition coefficient (Wildman–Crippen LogP) is 0.419. The van der Waals surface area contributed by atoms with Gasteiger partial charge in [0.1, 0.15) is 6.61 Å². The largest absolute Gasteiger partial charge is 0.389 e. The minimum atomic E-state index is -0.728. The number of nitrogens with zero attached hydrogens (tertiary/aromatic N) is 3. The maximum atomic E-state index is 9.63. The van der Waals surface area contributed by atoms with Crippen molar-refractivity contribution in [3.63, 3.8) is 0 Å². The van der Waals surface area contributed by atoms with Crippen molar-refractivity contribution in [3.8, 4) is 0 Å². The fraction of sp³-hybridized carbons (Fsp3) is 0.800. The molecule has 1 aromatic rings. The summed E-state index contributed by atoms with van der Waals surface area (Å²) in [4.78, 5) is 6.08. The average molecular weight is 229 g/mol. The van der Waals surface area contributed by atoms with E-state index in [9.17, 15) is 5.11 Å². The Morgan fingerprint density at radius 1 is 1.50 bits per heavy atom. The fourth-order valence-electron chi connectivity index (χ4n) is 1.49. The minimum absolute atomic E-state index is 0.322. The third kappa shape index (κ3) is 4.69. The molecular formula is C10H19N3O3. The number of hydrogen-bond acceptors (Lipinski definition) is 6. The van der Waals surface area contributed by atoms with Gasteiger partial charge in [0.05, 0.1) is 12.1 Å². The Morgan fingerprint density at radius 3 is 2.75 bits per heavy atom. The summed E-state index contributed by atoms with van der Waals surface area (Å²) < 4.78 is 9.84. The van der Waals surface area contributed by atoms with Crippen LogP contribution in [-0.2, 0) is 17.9 Å². The standard InChI is InChI=1S/C10H19N3O3/c1-10(2,14)7-13(3)5-8-11-9(6-15-4)16-12-8/h14H,5-7H2,1-4H3. The highest BCUT2D eigenvalue weighted by molar-refractivity contribution is 4.85. The molecule has 0 unspecified atom stereocenters. The van der Waals surface area contributed by atoms with Gasteiger partial charge in [0.25, 0.3) is 5.89 Å². The normalized spacial score (nSPS) is 12.4. The topological polar surface area (TPSA) is 71.6 Å². The molecule has 0 fully saturated rings. The van der Waals surface area contributed by atoms with Gasteiger partial charge in [-0.15, -0.1) is 0 Å². The molecule has 0 amide bonds. The second kappa shape index (κ2) is 5.38. The molecule has 0 aromatic carbocycles. The van der Waals surface area contributed by atoms with Crippen LogP contribution in [0.4, 0.5) is 0 Å². The monoisotopic (exact) mass is 229 g/mol. The number of hydrogen-bond donors (Lipinski definition) is 1. The maximum Gasteiger partial charge on any atom is 0.252 e. The molecule has 0 bridgehead atoms. The van der Waals surface area contributed by atoms with Crippen LogP contribution in [0.15, 0.2) is 4.52 Å². The molecule has 92 valence electrons. The zero-order valence-electron chi connectivity index (χ0n) is 10.2. The second-order valence-electron chi connectivity index (χ2n) is 4.52. The van der Waals surface area contributed by atoms with E-state index in [1.807, 2.05) is 11.9 Å². The molecule has 0 spiro atoms. The maximum absolute atomic E-state index is 9.63. The molecule has 0 saturated heterocycles. The zero-order chi connectivity index (χ0) is 12.2. The molecule has 0 saturated carbocycles. The van der Waals surface area contributed by atoms with Crippen LogP contribution in [0.3, 0.4) is 0 Å². The lowest BCUT2D eigenvalue weighted by molar-refractivity contribution is 0.0416. The molecule has 6 nitrogen and oxygen atoms in total. The van der Waals surface area contributed by atoms with E-state index in [1.165, 1.54) is 0 Å². The molecule has 1 rings (SSSR count). The molecule has 1 N–H and O–H groups in total. The first-order chi connectivity index (χ1) is 7.40. The van der Waals surface area contributed by atoms with E-state index in [4.69, 9.17) is 9.26 Å². The van der Waals surface area contributed by atoms with Crippen LogP contribution in [-0.4, -0.2) is 46.5 Å². The Hall–Kier alpha value is -0.980. The molecule has 1 heterocycles. The summed E-state index contributed by atoms with van der Waals surface area (Å²) in [5.74, 6) is 1.06. The van der Waals surface area contributed by atoms with E-state index in [1.54, 1.807) is 21.0 Å². The number of rotatable bonds is 6. The van der Waals surface area contributed by atoms with Crippen LogP contribution in [0, 0.1) is 0 Å². The van der Waals surface area contributed by atoms with Crippen LogP contribution >= 0.6 is 0 Å². The van der Waals surface area contributed by atoms with Gasteiger partial charge in [0, 0.05) is 13.7 Å². The lowest BCUT2D eigenvalue weighted by Gasteiger charge is -2.24. The van der Waals surface area contributed by atoms with Crippen molar-refractivity contribution in [2.45, 2.75) is 32.6 Å². The van der Waals surface area contributed by atoms with Crippen molar-refractivity contribution >= 4 is 0 Å². The van der Waals surface area contributed by atoms with Crippen molar-refractivity contribution in [2.24, 2.45) is 0 Å². The van der Waals surface area contributed by atoms with E-state index < -0.39 is 5.60 Å². The Bertz CT molecular complexity index is 319. The van der Waals surface area contributed by atoms with E-state index in [0.29, 0.717) is 31.4 Å². The molecule has 0 atom stereocenters. The van der Waals surface area contributed by atoms with Crippen molar-refractivity contribution in [3.05, 3.63) is 11.7 Å². The summed E-state index contributed by atoms with van der Waals surface area (Å²) >= 11 is 0. The van der Waals surface area contributed by atoms with Gasteiger partial charge in [0.2, 0.25) is 0 Å². The Morgan fingerprint density at radius 2 is 2.19 bits per heavy atom. The highest BCUT2D eigenvalue weighted by atomic mass is 16.5. The van der Waals surface area contributed by atoms with Crippen LogP contribution in [0.5, 0.6) is 0 Å². The first-order valence-electron chi connectivity index (χ1n) is 5.12. The van der Waals surface area contributed by atoms with Gasteiger partial charge in [-0.05, 0) is 20.9 Å². The van der Waals surface area contributed by atoms with E-state index in [2.05, 4.69) is 10.1 Å².